The van der Waals surface area contributed by atoms with E-state index in [1.807, 2.05) is 0 Å². The fourth-order valence-electron chi connectivity index (χ4n) is 1.95. The maximum absolute atomic E-state index is 12.2. The predicted octanol–water partition coefficient (Wildman–Crippen LogP) is 2.96. The third kappa shape index (κ3) is 4.18. The lowest BCUT2D eigenvalue weighted by molar-refractivity contribution is -0.114. The maximum Gasteiger partial charge on any atom is 0.255 e. The van der Waals surface area contributed by atoms with Gasteiger partial charge in [-0.1, -0.05) is 18.2 Å². The molecule has 0 fully saturated rings. The molecule has 0 aliphatic rings. The Balaban J connectivity index is 2.08. The minimum absolute atomic E-state index is 0.170. The van der Waals surface area contributed by atoms with Crippen LogP contribution in [0.4, 0.5) is 11.4 Å². The summed E-state index contributed by atoms with van der Waals surface area (Å²) in [5.74, 6) is -0.417. The average molecular weight is 293 g/mol. The summed E-state index contributed by atoms with van der Waals surface area (Å²) in [4.78, 5) is 23.2. The molecule has 2 amide bonds. The first kappa shape index (κ1) is 15.3. The van der Waals surface area contributed by atoms with E-state index in [4.69, 9.17) is 5.26 Å². The van der Waals surface area contributed by atoms with Crippen molar-refractivity contribution in [1.29, 1.82) is 5.26 Å². The molecular formula is C17H15N3O2. The summed E-state index contributed by atoms with van der Waals surface area (Å²) in [7, 11) is 0. The summed E-state index contributed by atoms with van der Waals surface area (Å²) in [6.07, 6.45) is 0.320. The molecule has 5 nitrogen and oxygen atoms in total. The highest BCUT2D eigenvalue weighted by Crippen LogP contribution is 2.16. The van der Waals surface area contributed by atoms with Crippen LogP contribution in [-0.2, 0) is 11.2 Å². The van der Waals surface area contributed by atoms with Gasteiger partial charge in [0.05, 0.1) is 12.5 Å². The first-order chi connectivity index (χ1) is 10.6. The topological polar surface area (TPSA) is 82.0 Å². The summed E-state index contributed by atoms with van der Waals surface area (Å²) in [5, 5.41) is 14.0. The SMILES string of the molecule is CC(=O)Nc1cccc(NC(=O)c2ccc(CC#N)cc2)c1. The van der Waals surface area contributed by atoms with Gasteiger partial charge in [0.25, 0.3) is 5.91 Å². The zero-order valence-corrected chi connectivity index (χ0v) is 12.1. The van der Waals surface area contributed by atoms with Crippen molar-refractivity contribution >= 4 is 23.2 Å². The first-order valence-corrected chi connectivity index (χ1v) is 6.73. The fourth-order valence-corrected chi connectivity index (χ4v) is 1.95. The standard InChI is InChI=1S/C17H15N3O2/c1-12(21)19-15-3-2-4-16(11-15)20-17(22)14-7-5-13(6-8-14)9-10-18/h2-8,11H,9H2,1H3,(H,19,21)(H,20,22). The van der Waals surface area contributed by atoms with Crippen LogP contribution in [0.5, 0.6) is 0 Å². The van der Waals surface area contributed by atoms with Crippen molar-refractivity contribution in [3.8, 4) is 6.07 Å². The molecule has 0 unspecified atom stereocenters. The van der Waals surface area contributed by atoms with E-state index in [1.165, 1.54) is 6.92 Å². The van der Waals surface area contributed by atoms with Crippen LogP contribution in [0, 0.1) is 11.3 Å². The quantitative estimate of drug-likeness (QED) is 0.909. The Labute approximate surface area is 128 Å². The number of hydrogen-bond acceptors (Lipinski definition) is 3. The van der Waals surface area contributed by atoms with Gasteiger partial charge in [-0.2, -0.15) is 5.26 Å². The molecule has 0 saturated heterocycles. The summed E-state index contributed by atoms with van der Waals surface area (Å²) >= 11 is 0. The van der Waals surface area contributed by atoms with Gasteiger partial charge >= 0.3 is 0 Å². The van der Waals surface area contributed by atoms with Crippen molar-refractivity contribution in [2.75, 3.05) is 10.6 Å². The Hall–Kier alpha value is -3.13. The zero-order chi connectivity index (χ0) is 15.9. The van der Waals surface area contributed by atoms with Gasteiger partial charge in [0.1, 0.15) is 0 Å². The third-order valence-electron chi connectivity index (χ3n) is 2.94. The lowest BCUT2D eigenvalue weighted by Crippen LogP contribution is -2.12. The molecule has 0 saturated carbocycles. The van der Waals surface area contributed by atoms with Crippen LogP contribution in [0.25, 0.3) is 0 Å². The van der Waals surface area contributed by atoms with Gasteiger partial charge in [-0.15, -0.1) is 0 Å². The van der Waals surface area contributed by atoms with E-state index < -0.39 is 0 Å². The van der Waals surface area contributed by atoms with Crippen LogP contribution >= 0.6 is 0 Å². The van der Waals surface area contributed by atoms with E-state index in [-0.39, 0.29) is 11.8 Å². The van der Waals surface area contributed by atoms with Crippen molar-refractivity contribution in [2.24, 2.45) is 0 Å². The smallest absolute Gasteiger partial charge is 0.255 e. The highest BCUT2D eigenvalue weighted by molar-refractivity contribution is 6.04. The monoisotopic (exact) mass is 293 g/mol. The molecule has 2 aromatic rings. The van der Waals surface area contributed by atoms with Crippen LogP contribution in [0.2, 0.25) is 0 Å². The molecule has 5 heteroatoms. The highest BCUT2D eigenvalue weighted by atomic mass is 16.2. The van der Waals surface area contributed by atoms with Crippen LogP contribution < -0.4 is 10.6 Å². The second kappa shape index (κ2) is 7.04. The molecule has 2 N–H and O–H groups in total. The van der Waals surface area contributed by atoms with E-state index in [1.54, 1.807) is 48.5 Å². The minimum Gasteiger partial charge on any atom is -0.326 e. The molecule has 0 spiro atoms. The van der Waals surface area contributed by atoms with Gasteiger partial charge < -0.3 is 10.6 Å². The zero-order valence-electron chi connectivity index (χ0n) is 12.1. The molecular weight excluding hydrogens is 278 g/mol. The molecule has 110 valence electrons. The third-order valence-corrected chi connectivity index (χ3v) is 2.94. The lowest BCUT2D eigenvalue weighted by Gasteiger charge is -2.08. The molecule has 0 aromatic heterocycles. The van der Waals surface area contributed by atoms with E-state index in [0.717, 1.165) is 5.56 Å². The average Bonchev–Trinajstić information content (AvgIpc) is 2.48. The number of carbonyl (C=O) groups is 2. The van der Waals surface area contributed by atoms with Crippen molar-refractivity contribution in [3.05, 3.63) is 59.7 Å². The minimum atomic E-state index is -0.247. The molecule has 0 aliphatic heterocycles. The number of nitrogens with zero attached hydrogens (tertiary/aromatic N) is 1. The Morgan fingerprint density at radius 2 is 1.68 bits per heavy atom. The van der Waals surface area contributed by atoms with Gasteiger partial charge in [0.15, 0.2) is 0 Å². The second-order valence-corrected chi connectivity index (χ2v) is 4.75. The Bertz CT molecular complexity index is 730. The molecule has 0 heterocycles. The number of amides is 2. The number of carbonyl (C=O) groups excluding carboxylic acids is 2. The van der Waals surface area contributed by atoms with Crippen molar-refractivity contribution < 1.29 is 9.59 Å². The number of nitriles is 1. The van der Waals surface area contributed by atoms with Crippen LogP contribution in [-0.4, -0.2) is 11.8 Å². The lowest BCUT2D eigenvalue weighted by atomic mass is 10.1. The Morgan fingerprint density at radius 1 is 1.05 bits per heavy atom. The van der Waals surface area contributed by atoms with Crippen molar-refractivity contribution in [3.63, 3.8) is 0 Å². The van der Waals surface area contributed by atoms with Gasteiger partial charge in [-0.05, 0) is 35.9 Å². The Morgan fingerprint density at radius 3 is 2.27 bits per heavy atom. The summed E-state index contributed by atoms with van der Waals surface area (Å²) < 4.78 is 0. The van der Waals surface area contributed by atoms with Gasteiger partial charge in [-0.3, -0.25) is 9.59 Å². The summed E-state index contributed by atoms with van der Waals surface area (Å²) in [6.45, 7) is 1.42. The highest BCUT2D eigenvalue weighted by Gasteiger charge is 2.06. The van der Waals surface area contributed by atoms with Crippen LogP contribution in [0.15, 0.2) is 48.5 Å². The van der Waals surface area contributed by atoms with Gasteiger partial charge in [-0.25, -0.2) is 0 Å². The number of hydrogen-bond donors (Lipinski definition) is 2. The first-order valence-electron chi connectivity index (χ1n) is 6.73. The molecule has 22 heavy (non-hydrogen) atoms. The number of nitrogens with one attached hydrogen (secondary N) is 2. The van der Waals surface area contributed by atoms with Gasteiger partial charge in [0.2, 0.25) is 5.91 Å². The second-order valence-electron chi connectivity index (χ2n) is 4.75. The van der Waals surface area contributed by atoms with Crippen LogP contribution in [0.1, 0.15) is 22.8 Å². The van der Waals surface area contributed by atoms with E-state index in [9.17, 15) is 9.59 Å². The number of benzene rings is 2. The van der Waals surface area contributed by atoms with Crippen molar-refractivity contribution in [1.82, 2.24) is 0 Å². The summed E-state index contributed by atoms with van der Waals surface area (Å²) in [6, 6.07) is 15.8. The Kier molecular flexibility index (Phi) is 4.89. The molecule has 2 rings (SSSR count). The molecule has 0 atom stereocenters. The fraction of sp³-hybridized carbons (Fsp3) is 0.118. The van der Waals surface area contributed by atoms with E-state index in [2.05, 4.69) is 16.7 Å². The molecule has 2 aromatic carbocycles. The predicted molar refractivity (Wildman–Crippen MR) is 84.5 cm³/mol. The molecule has 0 radical (unpaired) electrons. The number of rotatable bonds is 4. The largest absolute Gasteiger partial charge is 0.326 e. The van der Waals surface area contributed by atoms with Crippen LogP contribution in [0.3, 0.4) is 0 Å². The van der Waals surface area contributed by atoms with E-state index in [0.29, 0.717) is 23.4 Å². The van der Waals surface area contributed by atoms with E-state index >= 15 is 0 Å². The van der Waals surface area contributed by atoms with Crippen molar-refractivity contribution in [2.45, 2.75) is 13.3 Å². The molecule has 0 bridgehead atoms. The molecule has 0 aliphatic carbocycles. The van der Waals surface area contributed by atoms with Gasteiger partial charge in [0, 0.05) is 23.9 Å². The normalized spacial score (nSPS) is 9.64. The number of anilines is 2. The summed E-state index contributed by atoms with van der Waals surface area (Å²) in [5.41, 5.74) is 2.59. The maximum atomic E-state index is 12.2.